The molecule has 0 aliphatic carbocycles. The molecule has 0 spiro atoms. The minimum absolute atomic E-state index is 0.0980. The van der Waals surface area contributed by atoms with Gasteiger partial charge < -0.3 is 10.1 Å². The first-order valence-corrected chi connectivity index (χ1v) is 7.95. The molecule has 0 heterocycles. The minimum atomic E-state index is -1.02. The van der Waals surface area contributed by atoms with Crippen molar-refractivity contribution < 1.29 is 18.7 Å². The Morgan fingerprint density at radius 2 is 1.80 bits per heavy atom. The van der Waals surface area contributed by atoms with Gasteiger partial charge in [-0.05, 0) is 55.0 Å². The normalized spacial score (nSPS) is 11.0. The van der Waals surface area contributed by atoms with Crippen LogP contribution < -0.4 is 15.5 Å². The molecule has 0 radical (unpaired) electrons. The number of carbonyl (C=O) groups is 2. The third kappa shape index (κ3) is 5.12. The number of ether oxygens (including phenoxy) is 1. The molecule has 0 atom stereocenters. The van der Waals surface area contributed by atoms with Gasteiger partial charge in [-0.25, -0.2) is 9.82 Å². The van der Waals surface area contributed by atoms with E-state index in [1.54, 1.807) is 44.4 Å². The lowest BCUT2D eigenvalue weighted by atomic mass is 10.1. The summed E-state index contributed by atoms with van der Waals surface area (Å²) in [7, 11) is 1.56. The van der Waals surface area contributed by atoms with Crippen molar-refractivity contribution in [1.29, 1.82) is 0 Å². The van der Waals surface area contributed by atoms with E-state index in [0.717, 1.165) is 5.56 Å². The van der Waals surface area contributed by atoms with Crippen molar-refractivity contribution in [2.24, 2.45) is 5.10 Å². The van der Waals surface area contributed by atoms with E-state index >= 15 is 0 Å². The second kappa shape index (κ2) is 8.39. The molecule has 2 N–H and O–H groups in total. The van der Waals surface area contributed by atoms with Gasteiger partial charge in [0.1, 0.15) is 11.6 Å². The van der Waals surface area contributed by atoms with Gasteiger partial charge in [0, 0.05) is 4.47 Å². The summed E-state index contributed by atoms with van der Waals surface area (Å²) >= 11 is 3.11. The highest BCUT2D eigenvalue weighted by atomic mass is 79.9. The third-order valence-corrected chi connectivity index (χ3v) is 3.71. The second-order valence-corrected chi connectivity index (χ2v) is 5.86. The number of hydrazone groups is 1. The Labute approximate surface area is 152 Å². The van der Waals surface area contributed by atoms with Gasteiger partial charge in [-0.2, -0.15) is 5.10 Å². The number of benzene rings is 2. The minimum Gasteiger partial charge on any atom is -0.497 e. The molecule has 25 heavy (non-hydrogen) atoms. The molecule has 0 aliphatic heterocycles. The number of hydrogen-bond donors (Lipinski definition) is 2. The van der Waals surface area contributed by atoms with Crippen LogP contribution in [0.4, 0.5) is 10.1 Å². The number of anilines is 1. The molecule has 2 aromatic carbocycles. The second-order valence-electron chi connectivity index (χ2n) is 4.94. The van der Waals surface area contributed by atoms with Gasteiger partial charge in [0.15, 0.2) is 0 Å². The van der Waals surface area contributed by atoms with E-state index in [2.05, 4.69) is 31.8 Å². The Hall–Kier alpha value is -2.74. The van der Waals surface area contributed by atoms with Gasteiger partial charge in [-0.15, -0.1) is 0 Å². The molecule has 130 valence electrons. The summed E-state index contributed by atoms with van der Waals surface area (Å²) in [5, 5.41) is 6.05. The third-order valence-electron chi connectivity index (χ3n) is 3.22. The van der Waals surface area contributed by atoms with Crippen LogP contribution in [0.15, 0.2) is 52.0 Å². The highest BCUT2D eigenvalue weighted by Gasteiger charge is 2.15. The van der Waals surface area contributed by atoms with Gasteiger partial charge >= 0.3 is 11.8 Å². The van der Waals surface area contributed by atoms with Gasteiger partial charge in [0.2, 0.25) is 0 Å². The number of rotatable bonds is 4. The Kier molecular flexibility index (Phi) is 6.24. The fourth-order valence-electron chi connectivity index (χ4n) is 1.85. The first-order chi connectivity index (χ1) is 11.9. The van der Waals surface area contributed by atoms with Crippen molar-refractivity contribution in [2.75, 3.05) is 12.4 Å². The van der Waals surface area contributed by atoms with Gasteiger partial charge in [-0.3, -0.25) is 9.59 Å². The molecule has 2 rings (SSSR count). The van der Waals surface area contributed by atoms with E-state index in [0.29, 0.717) is 15.9 Å². The molecule has 0 aliphatic rings. The van der Waals surface area contributed by atoms with Crippen LogP contribution in [0, 0.1) is 5.82 Å². The topological polar surface area (TPSA) is 79.8 Å². The van der Waals surface area contributed by atoms with Crippen molar-refractivity contribution in [2.45, 2.75) is 6.92 Å². The number of methoxy groups -OCH3 is 1. The Bertz CT molecular complexity index is 822. The van der Waals surface area contributed by atoms with E-state index in [1.165, 1.54) is 12.1 Å². The van der Waals surface area contributed by atoms with E-state index in [4.69, 9.17) is 4.74 Å². The number of carbonyl (C=O) groups excluding carboxylic acids is 2. The summed E-state index contributed by atoms with van der Waals surface area (Å²) in [5.74, 6) is -1.99. The largest absolute Gasteiger partial charge is 0.497 e. The lowest BCUT2D eigenvalue weighted by molar-refractivity contribution is -0.136. The zero-order valence-electron chi connectivity index (χ0n) is 13.5. The van der Waals surface area contributed by atoms with Gasteiger partial charge in [0.05, 0.1) is 18.5 Å². The standard InChI is InChI=1S/C17H15BrFN3O3/c1-10(11-3-6-13(25-2)7-4-11)21-22-17(24)16(23)20-15-8-5-12(18)9-14(15)19/h3-9H,1-2H3,(H,20,23)(H,22,24)/b21-10+. The maximum absolute atomic E-state index is 13.7. The molecule has 2 amide bonds. The van der Waals surface area contributed by atoms with Crippen LogP contribution in [0.1, 0.15) is 12.5 Å². The molecule has 0 bridgehead atoms. The highest BCUT2D eigenvalue weighted by molar-refractivity contribution is 9.10. The summed E-state index contributed by atoms with van der Waals surface area (Å²) in [5.41, 5.74) is 3.29. The number of nitrogens with zero attached hydrogens (tertiary/aromatic N) is 1. The SMILES string of the molecule is COc1ccc(/C(C)=N/NC(=O)C(=O)Nc2ccc(Br)cc2F)cc1. The Morgan fingerprint density at radius 1 is 1.12 bits per heavy atom. The number of nitrogens with one attached hydrogen (secondary N) is 2. The first kappa shape index (κ1) is 18.6. The van der Waals surface area contributed by atoms with Crippen LogP contribution in [-0.4, -0.2) is 24.6 Å². The Morgan fingerprint density at radius 3 is 2.40 bits per heavy atom. The number of halogens is 2. The van der Waals surface area contributed by atoms with E-state index in [9.17, 15) is 14.0 Å². The highest BCUT2D eigenvalue weighted by Crippen LogP contribution is 2.19. The molecule has 8 heteroatoms. The zero-order valence-corrected chi connectivity index (χ0v) is 15.1. The molecular weight excluding hydrogens is 393 g/mol. The predicted octanol–water partition coefficient (Wildman–Crippen LogP) is 3.08. The molecule has 0 aromatic heterocycles. The lowest BCUT2D eigenvalue weighted by Crippen LogP contribution is -2.33. The molecule has 6 nitrogen and oxygen atoms in total. The average Bonchev–Trinajstić information content (AvgIpc) is 2.61. The van der Waals surface area contributed by atoms with Gasteiger partial charge in [-0.1, -0.05) is 15.9 Å². The van der Waals surface area contributed by atoms with E-state index in [-0.39, 0.29) is 5.69 Å². The lowest BCUT2D eigenvalue weighted by Gasteiger charge is -2.06. The van der Waals surface area contributed by atoms with E-state index < -0.39 is 17.6 Å². The van der Waals surface area contributed by atoms with Crippen molar-refractivity contribution in [3.63, 3.8) is 0 Å². The van der Waals surface area contributed by atoms with Crippen LogP contribution in [0.5, 0.6) is 5.75 Å². The maximum atomic E-state index is 13.7. The number of amides is 2. The average molecular weight is 408 g/mol. The van der Waals surface area contributed by atoms with Crippen LogP contribution in [0.3, 0.4) is 0 Å². The molecule has 0 saturated carbocycles. The van der Waals surface area contributed by atoms with Crippen LogP contribution in [0.2, 0.25) is 0 Å². The molecule has 0 unspecified atom stereocenters. The molecule has 2 aromatic rings. The zero-order chi connectivity index (χ0) is 18.4. The predicted molar refractivity (Wildman–Crippen MR) is 96.1 cm³/mol. The smallest absolute Gasteiger partial charge is 0.329 e. The fraction of sp³-hybridized carbons (Fsp3) is 0.118. The summed E-state index contributed by atoms with van der Waals surface area (Å²) in [6.07, 6.45) is 0. The van der Waals surface area contributed by atoms with Crippen LogP contribution in [0.25, 0.3) is 0 Å². The number of hydrogen-bond acceptors (Lipinski definition) is 4. The quantitative estimate of drug-likeness (QED) is 0.464. The molecular formula is C17H15BrFN3O3. The fourth-order valence-corrected chi connectivity index (χ4v) is 2.19. The van der Waals surface area contributed by atoms with Crippen molar-refractivity contribution in [3.8, 4) is 5.75 Å². The van der Waals surface area contributed by atoms with Crippen LogP contribution >= 0.6 is 15.9 Å². The Balaban J connectivity index is 1.99. The monoisotopic (exact) mass is 407 g/mol. The summed E-state index contributed by atoms with van der Waals surface area (Å²) in [6, 6.07) is 11.1. The summed E-state index contributed by atoms with van der Waals surface area (Å²) in [4.78, 5) is 23.6. The maximum Gasteiger partial charge on any atom is 0.329 e. The van der Waals surface area contributed by atoms with Crippen molar-refractivity contribution in [3.05, 3.63) is 58.3 Å². The first-order valence-electron chi connectivity index (χ1n) is 7.16. The van der Waals surface area contributed by atoms with Crippen molar-refractivity contribution >= 4 is 39.1 Å². The summed E-state index contributed by atoms with van der Waals surface area (Å²) < 4.78 is 19.2. The molecule has 0 fully saturated rings. The van der Waals surface area contributed by atoms with E-state index in [1.807, 2.05) is 0 Å². The molecule has 0 saturated heterocycles. The van der Waals surface area contributed by atoms with Gasteiger partial charge in [0.25, 0.3) is 0 Å². The van der Waals surface area contributed by atoms with Crippen LogP contribution in [-0.2, 0) is 9.59 Å². The summed E-state index contributed by atoms with van der Waals surface area (Å²) in [6.45, 7) is 1.67. The van der Waals surface area contributed by atoms with Crippen molar-refractivity contribution in [1.82, 2.24) is 5.43 Å².